The third-order valence-corrected chi connectivity index (χ3v) is 5.33. The lowest BCUT2D eigenvalue weighted by Gasteiger charge is -2.15. The van der Waals surface area contributed by atoms with E-state index < -0.39 is 0 Å². The molecule has 5 heteroatoms. The molecule has 0 N–H and O–H groups in total. The Hall–Kier alpha value is -3.57. The van der Waals surface area contributed by atoms with Crippen molar-refractivity contribution in [1.29, 1.82) is 0 Å². The summed E-state index contributed by atoms with van der Waals surface area (Å²) in [5.74, 6) is 0.595. The number of hydrogen-bond acceptors (Lipinski definition) is 4. The minimum absolute atomic E-state index is 0.112. The average molecular weight is 413 g/mol. The van der Waals surface area contributed by atoms with Crippen LogP contribution in [-0.4, -0.2) is 17.7 Å². The highest BCUT2D eigenvalue weighted by Gasteiger charge is 2.34. The molecule has 4 rings (SSSR count). The van der Waals surface area contributed by atoms with E-state index in [2.05, 4.69) is 6.58 Å². The molecule has 0 unspecified atom stereocenters. The highest BCUT2D eigenvalue weighted by Crippen LogP contribution is 2.38. The summed E-state index contributed by atoms with van der Waals surface area (Å²) in [5, 5.41) is 0.619. The second kappa shape index (κ2) is 9.29. The van der Waals surface area contributed by atoms with Crippen LogP contribution in [0.15, 0.2) is 107 Å². The first-order valence-electron chi connectivity index (χ1n) is 9.52. The molecule has 1 aliphatic rings. The average Bonchev–Trinajstić information content (AvgIpc) is 3.09. The summed E-state index contributed by atoms with van der Waals surface area (Å²) in [7, 11) is 0. The van der Waals surface area contributed by atoms with Gasteiger partial charge < -0.3 is 4.74 Å². The van der Waals surface area contributed by atoms with Gasteiger partial charge in [0, 0.05) is 5.56 Å². The van der Waals surface area contributed by atoms with Crippen molar-refractivity contribution in [2.75, 3.05) is 11.5 Å². The molecule has 1 fully saturated rings. The second-order valence-corrected chi connectivity index (χ2v) is 7.46. The van der Waals surface area contributed by atoms with Crippen molar-refractivity contribution in [2.24, 2.45) is 4.99 Å². The number of amidine groups is 1. The molecule has 4 nitrogen and oxygen atoms in total. The van der Waals surface area contributed by atoms with Crippen LogP contribution in [0.2, 0.25) is 0 Å². The summed E-state index contributed by atoms with van der Waals surface area (Å²) in [6, 6.07) is 26.8. The molecule has 148 valence electrons. The van der Waals surface area contributed by atoms with E-state index in [1.165, 1.54) is 11.8 Å². The van der Waals surface area contributed by atoms with Crippen LogP contribution < -0.4 is 9.64 Å². The van der Waals surface area contributed by atoms with Gasteiger partial charge in [-0.25, -0.2) is 4.99 Å². The number of amides is 1. The van der Waals surface area contributed by atoms with Crippen LogP contribution in [0.3, 0.4) is 0 Å². The van der Waals surface area contributed by atoms with E-state index in [0.29, 0.717) is 22.4 Å². The van der Waals surface area contributed by atoms with Gasteiger partial charge in [0.05, 0.1) is 16.3 Å². The third kappa shape index (κ3) is 4.36. The zero-order valence-electron chi connectivity index (χ0n) is 16.3. The van der Waals surface area contributed by atoms with Gasteiger partial charge in [-0.15, -0.1) is 0 Å². The Morgan fingerprint density at radius 3 is 2.33 bits per heavy atom. The number of rotatable bonds is 6. The van der Waals surface area contributed by atoms with Gasteiger partial charge >= 0.3 is 0 Å². The van der Waals surface area contributed by atoms with Gasteiger partial charge in [0.25, 0.3) is 5.91 Å². The zero-order chi connectivity index (χ0) is 20.8. The van der Waals surface area contributed by atoms with Gasteiger partial charge in [0.1, 0.15) is 12.4 Å². The minimum Gasteiger partial charge on any atom is -0.489 e. The number of carbonyl (C=O) groups is 1. The van der Waals surface area contributed by atoms with Gasteiger partial charge in [0.2, 0.25) is 0 Å². The van der Waals surface area contributed by atoms with E-state index >= 15 is 0 Å². The molecule has 0 atom stereocenters. The first-order chi connectivity index (χ1) is 14.8. The summed E-state index contributed by atoms with van der Waals surface area (Å²) >= 11 is 1.36. The molecular formula is C25H20N2O2S. The largest absolute Gasteiger partial charge is 0.489 e. The standard InChI is InChI=1S/C25H20N2O2S/c1-2-17-29-22-16-10-9-11-19(22)18-23-24(28)27(21-14-7-4-8-15-21)25(30-23)26-20-12-5-3-6-13-20/h2-16,18H,1,17H2/b23-18+,26-25?. The maximum atomic E-state index is 13.3. The minimum atomic E-state index is -0.112. The maximum absolute atomic E-state index is 13.3. The number of carbonyl (C=O) groups excluding carboxylic acids is 1. The van der Waals surface area contributed by atoms with Crippen molar-refractivity contribution in [3.8, 4) is 5.75 Å². The molecule has 0 aromatic heterocycles. The molecule has 0 bridgehead atoms. The molecule has 30 heavy (non-hydrogen) atoms. The number of para-hydroxylation sites is 3. The second-order valence-electron chi connectivity index (χ2n) is 6.45. The summed E-state index contributed by atoms with van der Waals surface area (Å²) < 4.78 is 5.74. The fraction of sp³-hybridized carbons (Fsp3) is 0.0400. The van der Waals surface area contributed by atoms with Crippen LogP contribution in [0.5, 0.6) is 5.75 Å². The van der Waals surface area contributed by atoms with Crippen molar-refractivity contribution in [3.63, 3.8) is 0 Å². The molecule has 3 aromatic rings. The number of hydrogen-bond donors (Lipinski definition) is 0. The molecule has 0 radical (unpaired) electrons. The van der Waals surface area contributed by atoms with E-state index in [1.807, 2.05) is 91.0 Å². The van der Waals surface area contributed by atoms with Gasteiger partial charge in [0.15, 0.2) is 5.17 Å². The summed E-state index contributed by atoms with van der Waals surface area (Å²) in [6.45, 7) is 4.09. The van der Waals surface area contributed by atoms with Gasteiger partial charge in [-0.3, -0.25) is 9.69 Å². The summed E-state index contributed by atoms with van der Waals surface area (Å²) in [5.41, 5.74) is 2.41. The van der Waals surface area contributed by atoms with Crippen molar-refractivity contribution in [2.45, 2.75) is 0 Å². The van der Waals surface area contributed by atoms with E-state index in [0.717, 1.165) is 16.9 Å². The molecule has 0 spiro atoms. The van der Waals surface area contributed by atoms with E-state index in [9.17, 15) is 4.79 Å². The van der Waals surface area contributed by atoms with Crippen LogP contribution in [0.4, 0.5) is 11.4 Å². The predicted octanol–water partition coefficient (Wildman–Crippen LogP) is 6.06. The van der Waals surface area contributed by atoms with Crippen molar-refractivity contribution in [3.05, 3.63) is 108 Å². The highest BCUT2D eigenvalue weighted by atomic mass is 32.2. The molecule has 1 aliphatic heterocycles. The Bertz CT molecular complexity index is 1110. The van der Waals surface area contributed by atoms with Crippen LogP contribution in [0.1, 0.15) is 5.56 Å². The van der Waals surface area contributed by atoms with Crippen molar-refractivity contribution in [1.82, 2.24) is 0 Å². The first-order valence-corrected chi connectivity index (χ1v) is 10.3. The number of anilines is 1. The van der Waals surface area contributed by atoms with Gasteiger partial charge in [-0.2, -0.15) is 0 Å². The fourth-order valence-electron chi connectivity index (χ4n) is 2.99. The van der Waals surface area contributed by atoms with E-state index in [1.54, 1.807) is 11.0 Å². The normalized spacial score (nSPS) is 16.3. The summed E-state index contributed by atoms with van der Waals surface area (Å²) in [4.78, 5) is 20.3. The lowest BCUT2D eigenvalue weighted by Crippen LogP contribution is -2.28. The number of aliphatic imine (C=N–C) groups is 1. The molecular weight excluding hydrogens is 392 g/mol. The zero-order valence-corrected chi connectivity index (χ0v) is 17.1. The Morgan fingerprint density at radius 2 is 1.60 bits per heavy atom. The number of ether oxygens (including phenoxy) is 1. The quantitative estimate of drug-likeness (QED) is 0.365. The van der Waals surface area contributed by atoms with Crippen LogP contribution in [0, 0.1) is 0 Å². The Balaban J connectivity index is 1.75. The number of nitrogens with zero attached hydrogens (tertiary/aromatic N) is 2. The molecule has 1 amide bonds. The van der Waals surface area contributed by atoms with Crippen molar-refractivity contribution >= 4 is 40.3 Å². The van der Waals surface area contributed by atoms with Gasteiger partial charge in [-0.05, 0) is 48.2 Å². The Labute approximate surface area is 180 Å². The van der Waals surface area contributed by atoms with Crippen LogP contribution in [-0.2, 0) is 4.79 Å². The van der Waals surface area contributed by atoms with Crippen LogP contribution >= 0.6 is 11.8 Å². The van der Waals surface area contributed by atoms with E-state index in [-0.39, 0.29) is 5.91 Å². The number of thioether (sulfide) groups is 1. The SMILES string of the molecule is C=CCOc1ccccc1/C=C1/SC(=Nc2ccccc2)N(c2ccccc2)C1=O. The smallest absolute Gasteiger partial charge is 0.271 e. The lowest BCUT2D eigenvalue weighted by atomic mass is 10.2. The molecule has 1 heterocycles. The maximum Gasteiger partial charge on any atom is 0.271 e. The van der Waals surface area contributed by atoms with Gasteiger partial charge in [-0.1, -0.05) is 67.3 Å². The Morgan fingerprint density at radius 1 is 0.933 bits per heavy atom. The summed E-state index contributed by atoms with van der Waals surface area (Å²) in [6.07, 6.45) is 3.55. The molecule has 0 saturated carbocycles. The third-order valence-electron chi connectivity index (χ3n) is 4.36. The predicted molar refractivity (Wildman–Crippen MR) is 125 cm³/mol. The monoisotopic (exact) mass is 412 g/mol. The highest BCUT2D eigenvalue weighted by molar-refractivity contribution is 8.19. The van der Waals surface area contributed by atoms with Crippen LogP contribution in [0.25, 0.3) is 6.08 Å². The molecule has 1 saturated heterocycles. The molecule has 0 aliphatic carbocycles. The number of benzene rings is 3. The Kier molecular flexibility index (Phi) is 6.11. The first kappa shape index (κ1) is 19.7. The molecule has 3 aromatic carbocycles. The van der Waals surface area contributed by atoms with Crippen molar-refractivity contribution < 1.29 is 9.53 Å². The fourth-order valence-corrected chi connectivity index (χ4v) is 3.98. The van der Waals surface area contributed by atoms with E-state index in [4.69, 9.17) is 9.73 Å². The topological polar surface area (TPSA) is 41.9 Å². The lowest BCUT2D eigenvalue weighted by molar-refractivity contribution is -0.113.